The molecule has 2 heterocycles. The van der Waals surface area contributed by atoms with Crippen LogP contribution < -0.4 is 31.6 Å². The molecule has 0 spiro atoms. The maximum atomic E-state index is 15.3. The summed E-state index contributed by atoms with van der Waals surface area (Å²) in [6, 6.07) is 7.88. The molecular formula is C42H55FN8O11. The second kappa shape index (κ2) is 21.7. The number of alkyl carbamates (subject to hydrolysis) is 1. The van der Waals surface area contributed by atoms with Crippen LogP contribution in [0.25, 0.3) is 10.9 Å². The number of hydrogen-bond donors (Lipinski definition) is 5. The number of carbonyl (C=O) groups is 7. The lowest BCUT2D eigenvalue weighted by molar-refractivity contribution is -0.129. The first-order valence-electron chi connectivity index (χ1n) is 20.2. The number of nitrogens with one attached hydrogen (secondary N) is 4. The molecule has 62 heavy (non-hydrogen) atoms. The van der Waals surface area contributed by atoms with Crippen LogP contribution in [0.3, 0.4) is 0 Å². The first-order valence-corrected chi connectivity index (χ1v) is 20.2. The zero-order chi connectivity index (χ0) is 45.7. The van der Waals surface area contributed by atoms with Gasteiger partial charge in [0.2, 0.25) is 29.1 Å². The minimum absolute atomic E-state index is 0.0204. The second-order valence-electron chi connectivity index (χ2n) is 15.8. The van der Waals surface area contributed by atoms with Crippen molar-refractivity contribution in [3.63, 3.8) is 0 Å². The summed E-state index contributed by atoms with van der Waals surface area (Å²) in [7, 11) is 3.23. The summed E-state index contributed by atoms with van der Waals surface area (Å²) in [6.45, 7) is 7.66. The van der Waals surface area contributed by atoms with Crippen molar-refractivity contribution in [3.8, 4) is 0 Å². The van der Waals surface area contributed by atoms with Crippen molar-refractivity contribution in [3.05, 3.63) is 69.8 Å². The number of pyridine rings is 1. The molecule has 4 rings (SSSR count). The largest absolute Gasteiger partial charge is 0.477 e. The third-order valence-corrected chi connectivity index (χ3v) is 9.67. The molecule has 0 aliphatic carbocycles. The van der Waals surface area contributed by atoms with Gasteiger partial charge in [-0.25, -0.2) is 18.8 Å². The lowest BCUT2D eigenvalue weighted by atomic mass is 10.1. The number of rotatable bonds is 17. The van der Waals surface area contributed by atoms with E-state index >= 15 is 4.39 Å². The average Bonchev–Trinajstić information content (AvgIpc) is 3.21. The van der Waals surface area contributed by atoms with Crippen LogP contribution in [-0.4, -0.2) is 126 Å². The molecule has 336 valence electrons. The molecule has 0 unspecified atom stereocenters. The molecule has 6 amide bonds. The highest BCUT2D eigenvalue weighted by Gasteiger charge is 2.26. The van der Waals surface area contributed by atoms with Crippen molar-refractivity contribution in [1.29, 1.82) is 0 Å². The van der Waals surface area contributed by atoms with Crippen LogP contribution in [0.15, 0.2) is 47.4 Å². The predicted molar refractivity (Wildman–Crippen MR) is 226 cm³/mol. The van der Waals surface area contributed by atoms with Gasteiger partial charge < -0.3 is 55.1 Å². The fourth-order valence-corrected chi connectivity index (χ4v) is 6.37. The topological polar surface area (TPSA) is 238 Å². The number of ether oxygens (including phenoxy) is 2. The lowest BCUT2D eigenvalue weighted by Crippen LogP contribution is -2.49. The fraction of sp³-hybridized carbons (Fsp3) is 0.476. The number of halogens is 1. The minimum atomic E-state index is -1.39. The normalized spacial score (nSPS) is 13.1. The van der Waals surface area contributed by atoms with E-state index in [1.165, 1.54) is 22.1 Å². The number of nitrogens with zero attached hydrogens (tertiary/aromatic N) is 4. The Labute approximate surface area is 357 Å². The van der Waals surface area contributed by atoms with Gasteiger partial charge in [-0.3, -0.25) is 24.0 Å². The van der Waals surface area contributed by atoms with Gasteiger partial charge in [0.05, 0.1) is 17.7 Å². The summed E-state index contributed by atoms with van der Waals surface area (Å²) in [5.41, 5.74) is -0.380. The van der Waals surface area contributed by atoms with Gasteiger partial charge in [-0.1, -0.05) is 12.1 Å². The van der Waals surface area contributed by atoms with Crippen molar-refractivity contribution >= 4 is 64.1 Å². The van der Waals surface area contributed by atoms with E-state index in [0.29, 0.717) is 29.7 Å². The molecular weight excluding hydrogens is 812 g/mol. The minimum Gasteiger partial charge on any atom is -0.477 e. The smallest absolute Gasteiger partial charge is 0.410 e. The molecule has 1 aromatic heterocycles. The summed E-state index contributed by atoms with van der Waals surface area (Å²) in [5.74, 6) is -3.90. The molecule has 1 fully saturated rings. The quantitative estimate of drug-likeness (QED) is 0.132. The van der Waals surface area contributed by atoms with E-state index in [-0.39, 0.29) is 75.6 Å². The highest BCUT2D eigenvalue weighted by Crippen LogP contribution is 2.27. The number of carboxylic acids is 1. The molecule has 1 saturated heterocycles. The van der Waals surface area contributed by atoms with E-state index in [1.54, 1.807) is 75.5 Å². The number of benzene rings is 2. The highest BCUT2D eigenvalue weighted by atomic mass is 19.1. The Hall–Kier alpha value is -6.73. The number of amides is 6. The average molecular weight is 867 g/mol. The summed E-state index contributed by atoms with van der Waals surface area (Å²) < 4.78 is 27.7. The van der Waals surface area contributed by atoms with E-state index < -0.39 is 70.9 Å². The van der Waals surface area contributed by atoms with Gasteiger partial charge in [-0.15, -0.1) is 0 Å². The van der Waals surface area contributed by atoms with Crippen LogP contribution in [0.4, 0.5) is 25.4 Å². The van der Waals surface area contributed by atoms with Gasteiger partial charge in [-0.2, -0.15) is 0 Å². The Morgan fingerprint density at radius 2 is 1.61 bits per heavy atom. The summed E-state index contributed by atoms with van der Waals surface area (Å²) >= 11 is 0. The number of aromatic carboxylic acids is 1. The first-order chi connectivity index (χ1) is 29.3. The SMILES string of the molecule is CCn1cc(C(=O)O)c(=O)c2cc(F)c(N3CCN(C(=O)OCc4ccc(NC(=O)[C@H](CCNC(=O)OC(C)(C)C)NC(=O)CNC(=O)CCCC(=O)N(C)C)cc4)CC3)cc21. The van der Waals surface area contributed by atoms with Gasteiger partial charge in [0.1, 0.15) is 29.6 Å². The molecule has 5 N–H and O–H groups in total. The molecule has 1 aliphatic rings. The zero-order valence-corrected chi connectivity index (χ0v) is 35.8. The van der Waals surface area contributed by atoms with Crippen LogP contribution in [0, 0.1) is 5.82 Å². The highest BCUT2D eigenvalue weighted by molar-refractivity contribution is 5.98. The van der Waals surface area contributed by atoms with E-state index in [9.17, 15) is 43.5 Å². The summed E-state index contributed by atoms with van der Waals surface area (Å²) in [4.78, 5) is 104. The number of aromatic nitrogens is 1. The molecule has 2 aromatic carbocycles. The molecule has 19 nitrogen and oxygen atoms in total. The molecule has 1 aliphatic heterocycles. The summed E-state index contributed by atoms with van der Waals surface area (Å²) in [6.07, 6.45) is 0.445. The predicted octanol–water partition coefficient (Wildman–Crippen LogP) is 3.03. The maximum Gasteiger partial charge on any atom is 0.410 e. The van der Waals surface area contributed by atoms with Gasteiger partial charge in [0.15, 0.2) is 0 Å². The Kier molecular flexibility index (Phi) is 16.8. The van der Waals surface area contributed by atoms with E-state index in [4.69, 9.17) is 9.47 Å². The molecule has 20 heteroatoms. The number of piperazine rings is 1. The van der Waals surface area contributed by atoms with Crippen molar-refractivity contribution in [2.24, 2.45) is 0 Å². The van der Waals surface area contributed by atoms with Gasteiger partial charge in [-0.05, 0) is 70.4 Å². The number of fused-ring (bicyclic) bond motifs is 1. The third kappa shape index (κ3) is 13.9. The Morgan fingerprint density at radius 1 is 0.935 bits per heavy atom. The van der Waals surface area contributed by atoms with Crippen molar-refractivity contribution in [1.82, 2.24) is 30.3 Å². The molecule has 0 bridgehead atoms. The standard InChI is InChI=1S/C42H55FN8O11/c1-7-49-24-29(39(57)58)37(55)28-21-30(43)33(22-32(28)49)50-17-19-51(20-18-50)41(60)61-25-26-11-13-27(14-12-26)46-38(56)31(15-16-44-40(59)62-42(2,3)4)47-35(53)23-45-34(52)9-8-10-36(54)48(5)6/h11-14,21-22,24,31H,7-10,15-20,23,25H2,1-6H3,(H,44,59)(H,45,52)(H,46,56)(H,47,53)(H,57,58)/t31-/m0/s1. The zero-order valence-electron chi connectivity index (χ0n) is 35.8. The monoisotopic (exact) mass is 866 g/mol. The number of aryl methyl sites for hydroxylation is 1. The van der Waals surface area contributed by atoms with Crippen LogP contribution in [0.2, 0.25) is 0 Å². The number of carboxylic acid groups (broad SMARTS) is 1. The van der Waals surface area contributed by atoms with Gasteiger partial charge in [0, 0.05) is 83.5 Å². The van der Waals surface area contributed by atoms with E-state index in [2.05, 4.69) is 21.3 Å². The van der Waals surface area contributed by atoms with Crippen molar-refractivity contribution in [2.75, 3.05) is 63.6 Å². The van der Waals surface area contributed by atoms with Crippen LogP contribution in [0.5, 0.6) is 0 Å². The fourth-order valence-electron chi connectivity index (χ4n) is 6.37. The molecule has 0 radical (unpaired) electrons. The first kappa shape index (κ1) is 47.9. The van der Waals surface area contributed by atoms with Crippen LogP contribution in [-0.2, 0) is 41.8 Å². The third-order valence-electron chi connectivity index (χ3n) is 9.67. The van der Waals surface area contributed by atoms with Gasteiger partial charge >= 0.3 is 18.2 Å². The Bertz CT molecular complexity index is 2200. The lowest BCUT2D eigenvalue weighted by Gasteiger charge is -2.35. The van der Waals surface area contributed by atoms with Crippen molar-refractivity contribution in [2.45, 2.75) is 78.2 Å². The van der Waals surface area contributed by atoms with E-state index in [1.807, 2.05) is 0 Å². The van der Waals surface area contributed by atoms with Gasteiger partial charge in [0.25, 0.3) is 0 Å². The number of anilines is 2. The van der Waals surface area contributed by atoms with Crippen LogP contribution in [0.1, 0.15) is 69.3 Å². The second-order valence-corrected chi connectivity index (χ2v) is 15.8. The number of carbonyl (C=O) groups excluding carboxylic acids is 6. The summed E-state index contributed by atoms with van der Waals surface area (Å²) in [5, 5.41) is 19.7. The van der Waals surface area contributed by atoms with Crippen molar-refractivity contribution < 1.29 is 52.5 Å². The molecule has 3 aromatic rings. The van der Waals surface area contributed by atoms with E-state index in [0.717, 1.165) is 6.07 Å². The molecule has 0 saturated carbocycles. The maximum absolute atomic E-state index is 15.3. The molecule has 1 atom stereocenters. The van der Waals surface area contributed by atoms with Crippen LogP contribution >= 0.6 is 0 Å². The Morgan fingerprint density at radius 3 is 2.23 bits per heavy atom. The Balaban J connectivity index is 1.29. The number of hydrogen-bond acceptors (Lipinski definition) is 11.